The van der Waals surface area contributed by atoms with Crippen LogP contribution in [-0.2, 0) is 19.1 Å². The highest BCUT2D eigenvalue weighted by Gasteiger charge is 2.75. The van der Waals surface area contributed by atoms with Gasteiger partial charge < -0.3 is 24.5 Å². The Morgan fingerprint density at radius 1 is 1.03 bits per heavy atom. The van der Waals surface area contributed by atoms with Crippen molar-refractivity contribution >= 4 is 35.0 Å². The van der Waals surface area contributed by atoms with Crippen molar-refractivity contribution in [1.29, 1.82) is 0 Å². The average Bonchev–Trinajstić information content (AvgIpc) is 3.10. The third-order valence-electron chi connectivity index (χ3n) is 8.15. The summed E-state index contributed by atoms with van der Waals surface area (Å²) in [6.07, 6.45) is 7.38. The molecular weight excluding hydrogens is 482 g/mol. The molecule has 1 unspecified atom stereocenters. The molecule has 6 atom stereocenters. The summed E-state index contributed by atoms with van der Waals surface area (Å²) in [6, 6.07) is 5.29. The molecule has 4 aliphatic rings. The number of halogens is 1. The number of benzene rings is 1. The van der Waals surface area contributed by atoms with Gasteiger partial charge in [-0.05, 0) is 37.1 Å². The van der Waals surface area contributed by atoms with Crippen LogP contribution in [0.1, 0.15) is 20.8 Å². The van der Waals surface area contributed by atoms with Crippen molar-refractivity contribution < 1.29 is 24.2 Å². The van der Waals surface area contributed by atoms with E-state index in [-0.39, 0.29) is 36.8 Å². The molecule has 0 saturated carbocycles. The fraction of sp³-hybridized carbons (Fsp3) is 0.519. The second-order valence-corrected chi connectivity index (χ2v) is 11.1. The largest absolute Gasteiger partial charge is 0.394 e. The van der Waals surface area contributed by atoms with Crippen LogP contribution in [0.15, 0.2) is 48.6 Å². The summed E-state index contributed by atoms with van der Waals surface area (Å²) in [5.74, 6) is -2.67. The first-order valence-corrected chi connectivity index (χ1v) is 12.7. The maximum atomic E-state index is 14.4. The molecule has 36 heavy (non-hydrogen) atoms. The van der Waals surface area contributed by atoms with Crippen LogP contribution in [0.5, 0.6) is 0 Å². The highest BCUT2D eigenvalue weighted by Crippen LogP contribution is 2.58. The fourth-order valence-electron chi connectivity index (χ4n) is 6.41. The molecule has 4 heterocycles. The number of likely N-dealkylation sites (N-methyl/N-ethyl adjacent to an activating group) is 1. The van der Waals surface area contributed by atoms with Crippen molar-refractivity contribution in [2.75, 3.05) is 31.6 Å². The molecule has 8 nitrogen and oxygen atoms in total. The van der Waals surface area contributed by atoms with Gasteiger partial charge in [0.15, 0.2) is 0 Å². The van der Waals surface area contributed by atoms with Crippen LogP contribution in [0.25, 0.3) is 0 Å². The van der Waals surface area contributed by atoms with E-state index < -0.39 is 35.1 Å². The number of aliphatic hydroxyl groups excluding tert-OH is 1. The Kier molecular flexibility index (Phi) is 6.05. The standard InChI is InChI=1S/C27H32ClN3O5/c1-16(2)19(15-32)31-22-25(35)30(18-9-7-17(28)8-10-18)14-6-12-27(22)21(24(31)34)20-23(33)29(4)13-5-11-26(20,3)36-27/h5-12,16,19-22,32H,13-15H2,1-4H3/t19-,20+,21-,22?,26-,27-/m0/s1. The number of carbonyl (C=O) groups excluding carboxylic acids is 3. The Morgan fingerprint density at radius 3 is 2.33 bits per heavy atom. The number of anilines is 1. The average molecular weight is 514 g/mol. The lowest BCUT2D eigenvalue weighted by Crippen LogP contribution is -2.59. The van der Waals surface area contributed by atoms with Crippen LogP contribution in [0.4, 0.5) is 5.69 Å². The third kappa shape index (κ3) is 3.45. The molecule has 192 valence electrons. The van der Waals surface area contributed by atoms with Crippen LogP contribution in [0.3, 0.4) is 0 Å². The normalized spacial score (nSPS) is 34.6. The smallest absolute Gasteiger partial charge is 0.253 e. The Hall–Kier alpha value is -2.68. The molecule has 1 spiro atoms. The van der Waals surface area contributed by atoms with Gasteiger partial charge in [-0.2, -0.15) is 0 Å². The van der Waals surface area contributed by atoms with Crippen LogP contribution in [-0.4, -0.2) is 82.7 Å². The lowest BCUT2D eigenvalue weighted by atomic mass is 9.74. The van der Waals surface area contributed by atoms with E-state index in [2.05, 4.69) is 0 Å². The first-order chi connectivity index (χ1) is 17.1. The van der Waals surface area contributed by atoms with Crippen molar-refractivity contribution in [2.24, 2.45) is 17.8 Å². The van der Waals surface area contributed by atoms with Gasteiger partial charge >= 0.3 is 0 Å². The zero-order valence-electron chi connectivity index (χ0n) is 20.9. The predicted molar refractivity (Wildman–Crippen MR) is 135 cm³/mol. The topological polar surface area (TPSA) is 90.4 Å². The minimum absolute atomic E-state index is 0.127. The van der Waals surface area contributed by atoms with Gasteiger partial charge in [0.25, 0.3) is 5.91 Å². The van der Waals surface area contributed by atoms with Gasteiger partial charge in [0.1, 0.15) is 11.6 Å². The van der Waals surface area contributed by atoms with Crippen LogP contribution < -0.4 is 4.90 Å². The Bertz CT molecular complexity index is 1150. The van der Waals surface area contributed by atoms with E-state index in [0.29, 0.717) is 17.3 Å². The van der Waals surface area contributed by atoms with E-state index in [4.69, 9.17) is 16.3 Å². The molecule has 9 heteroatoms. The Labute approximate surface area is 216 Å². The van der Waals surface area contributed by atoms with Gasteiger partial charge in [0, 0.05) is 30.8 Å². The lowest BCUT2D eigenvalue weighted by Gasteiger charge is -2.41. The molecule has 0 bridgehead atoms. The molecule has 3 amide bonds. The number of carbonyl (C=O) groups is 3. The van der Waals surface area contributed by atoms with Gasteiger partial charge in [0.2, 0.25) is 11.8 Å². The minimum atomic E-state index is -1.35. The first kappa shape index (κ1) is 25.0. The molecule has 0 radical (unpaired) electrons. The molecule has 1 aromatic carbocycles. The van der Waals surface area contributed by atoms with E-state index in [9.17, 15) is 19.5 Å². The first-order valence-electron chi connectivity index (χ1n) is 12.4. The number of ether oxygens (including phenoxy) is 1. The van der Waals surface area contributed by atoms with Crippen molar-refractivity contribution in [1.82, 2.24) is 9.80 Å². The SMILES string of the molecule is CC(C)[C@H](CO)N1C(=O)[C@@H]2[C@@H]3C(=O)N(C)CC=C[C@]3(C)O[C@@]23C=CCN(c2ccc(Cl)cc2)C(=O)C13. The molecule has 1 aromatic rings. The highest BCUT2D eigenvalue weighted by molar-refractivity contribution is 6.30. The van der Waals surface area contributed by atoms with Crippen molar-refractivity contribution in [3.63, 3.8) is 0 Å². The minimum Gasteiger partial charge on any atom is -0.394 e. The van der Waals surface area contributed by atoms with E-state index in [0.717, 1.165) is 0 Å². The number of fused-ring (bicyclic) bond motifs is 2. The zero-order chi connectivity index (χ0) is 26.0. The lowest BCUT2D eigenvalue weighted by molar-refractivity contribution is -0.151. The van der Waals surface area contributed by atoms with Gasteiger partial charge in [-0.3, -0.25) is 14.4 Å². The van der Waals surface area contributed by atoms with E-state index in [1.54, 1.807) is 41.1 Å². The van der Waals surface area contributed by atoms with Crippen molar-refractivity contribution in [3.05, 3.63) is 53.6 Å². The van der Waals surface area contributed by atoms with Gasteiger partial charge in [-0.25, -0.2) is 0 Å². The number of aliphatic hydroxyl groups is 1. The summed E-state index contributed by atoms with van der Waals surface area (Å²) in [4.78, 5) is 46.9. The molecule has 4 aliphatic heterocycles. The molecule has 0 aliphatic carbocycles. The van der Waals surface area contributed by atoms with Crippen molar-refractivity contribution in [3.8, 4) is 0 Å². The number of likely N-dealkylation sites (tertiary alicyclic amines) is 1. The van der Waals surface area contributed by atoms with Gasteiger partial charge in [-0.15, -0.1) is 0 Å². The number of rotatable bonds is 4. The highest BCUT2D eigenvalue weighted by atomic mass is 35.5. The number of hydrogen-bond donors (Lipinski definition) is 1. The maximum absolute atomic E-state index is 14.4. The second kappa shape index (κ2) is 8.71. The number of amides is 3. The fourth-order valence-corrected chi connectivity index (χ4v) is 6.54. The van der Waals surface area contributed by atoms with Gasteiger partial charge in [-0.1, -0.05) is 49.8 Å². The summed E-state index contributed by atoms with van der Waals surface area (Å²) in [5, 5.41) is 10.9. The van der Waals surface area contributed by atoms with E-state index in [1.807, 2.05) is 45.1 Å². The van der Waals surface area contributed by atoms with Gasteiger partial charge in [0.05, 0.1) is 30.1 Å². The Morgan fingerprint density at radius 2 is 1.69 bits per heavy atom. The summed E-state index contributed by atoms with van der Waals surface area (Å²) in [6.45, 7) is 6.00. The number of hydrogen-bond acceptors (Lipinski definition) is 5. The van der Waals surface area contributed by atoms with Crippen LogP contribution >= 0.6 is 11.6 Å². The quantitative estimate of drug-likeness (QED) is 0.624. The summed E-state index contributed by atoms with van der Waals surface area (Å²) in [5.41, 5.74) is -1.77. The maximum Gasteiger partial charge on any atom is 0.253 e. The molecule has 2 fully saturated rings. The van der Waals surface area contributed by atoms with Crippen molar-refractivity contribution in [2.45, 2.75) is 44.1 Å². The van der Waals surface area contributed by atoms with Crippen LogP contribution in [0.2, 0.25) is 5.02 Å². The molecular formula is C27H32ClN3O5. The molecule has 5 rings (SSSR count). The summed E-state index contributed by atoms with van der Waals surface area (Å²) >= 11 is 6.08. The molecule has 1 N–H and O–H groups in total. The monoisotopic (exact) mass is 513 g/mol. The van der Waals surface area contributed by atoms with E-state index >= 15 is 0 Å². The second-order valence-electron chi connectivity index (χ2n) is 10.7. The third-order valence-corrected chi connectivity index (χ3v) is 8.40. The summed E-state index contributed by atoms with van der Waals surface area (Å²) < 4.78 is 6.76. The summed E-state index contributed by atoms with van der Waals surface area (Å²) in [7, 11) is 1.71. The number of nitrogens with zero attached hydrogens (tertiary/aromatic N) is 3. The zero-order valence-corrected chi connectivity index (χ0v) is 21.7. The van der Waals surface area contributed by atoms with E-state index in [1.165, 1.54) is 4.90 Å². The molecule has 0 aromatic heterocycles. The van der Waals surface area contributed by atoms with Crippen LogP contribution in [0, 0.1) is 17.8 Å². The molecule has 2 saturated heterocycles. The Balaban J connectivity index is 1.69. The predicted octanol–water partition coefficient (Wildman–Crippen LogP) is 2.26.